The van der Waals surface area contributed by atoms with E-state index in [4.69, 9.17) is 0 Å². The van der Waals surface area contributed by atoms with Gasteiger partial charge in [0.15, 0.2) is 0 Å². The maximum atomic E-state index is 9.49. The average molecular weight is 246 g/mol. The highest BCUT2D eigenvalue weighted by molar-refractivity contribution is 5.53. The van der Waals surface area contributed by atoms with Crippen LogP contribution in [0.25, 0.3) is 0 Å². The SMILES string of the molecule is Cc1cc(N(CC2CC2)CC2CC2)c(CO)cn1. The Morgan fingerprint density at radius 2 is 1.83 bits per heavy atom. The second kappa shape index (κ2) is 4.88. The first-order chi connectivity index (χ1) is 8.76. The van der Waals surface area contributed by atoms with Crippen molar-refractivity contribution < 1.29 is 5.11 Å². The molecule has 3 heteroatoms. The third-order valence-corrected chi connectivity index (χ3v) is 3.96. The van der Waals surface area contributed by atoms with Gasteiger partial charge in [-0.3, -0.25) is 4.98 Å². The number of hydrogen-bond acceptors (Lipinski definition) is 3. The lowest BCUT2D eigenvalue weighted by Gasteiger charge is -2.27. The second-order valence-corrected chi connectivity index (χ2v) is 5.90. The molecule has 1 aromatic rings. The standard InChI is InChI=1S/C15H22N2O/c1-11-6-15(14(10-18)7-16-11)17(8-12-2-3-12)9-13-4-5-13/h6-7,12-13,18H,2-5,8-10H2,1H3. The molecule has 0 aromatic carbocycles. The van der Waals surface area contributed by atoms with E-state index < -0.39 is 0 Å². The minimum atomic E-state index is 0.0917. The van der Waals surface area contributed by atoms with E-state index in [9.17, 15) is 5.11 Å². The summed E-state index contributed by atoms with van der Waals surface area (Å²) in [6.07, 6.45) is 7.33. The molecule has 0 saturated heterocycles. The molecule has 3 rings (SSSR count). The Morgan fingerprint density at radius 3 is 2.33 bits per heavy atom. The first-order valence-corrected chi connectivity index (χ1v) is 7.07. The summed E-state index contributed by atoms with van der Waals surface area (Å²) in [6, 6.07) is 2.14. The summed E-state index contributed by atoms with van der Waals surface area (Å²) in [5, 5.41) is 9.49. The van der Waals surface area contributed by atoms with Crippen LogP contribution in [-0.2, 0) is 6.61 Å². The zero-order chi connectivity index (χ0) is 12.5. The van der Waals surface area contributed by atoms with Crippen molar-refractivity contribution in [1.82, 2.24) is 4.98 Å². The van der Waals surface area contributed by atoms with Crippen molar-refractivity contribution in [2.45, 2.75) is 39.2 Å². The summed E-state index contributed by atoms with van der Waals surface area (Å²) >= 11 is 0. The summed E-state index contributed by atoms with van der Waals surface area (Å²) in [7, 11) is 0. The van der Waals surface area contributed by atoms with E-state index in [-0.39, 0.29) is 6.61 Å². The molecule has 98 valence electrons. The summed E-state index contributed by atoms with van der Waals surface area (Å²) < 4.78 is 0. The molecule has 2 saturated carbocycles. The number of nitrogens with zero attached hydrogens (tertiary/aromatic N) is 2. The van der Waals surface area contributed by atoms with Crippen molar-refractivity contribution in [3.8, 4) is 0 Å². The summed E-state index contributed by atoms with van der Waals surface area (Å²) in [5.74, 6) is 1.76. The predicted molar refractivity (Wildman–Crippen MR) is 72.6 cm³/mol. The van der Waals surface area contributed by atoms with Crippen LogP contribution in [0.2, 0.25) is 0 Å². The molecule has 0 bridgehead atoms. The third-order valence-electron chi connectivity index (χ3n) is 3.96. The number of aliphatic hydroxyl groups is 1. The normalized spacial score (nSPS) is 19.0. The molecule has 1 aromatic heterocycles. The number of aromatic nitrogens is 1. The molecule has 0 spiro atoms. The fourth-order valence-corrected chi connectivity index (χ4v) is 2.49. The highest BCUT2D eigenvalue weighted by Crippen LogP contribution is 2.36. The van der Waals surface area contributed by atoms with Gasteiger partial charge in [0.25, 0.3) is 0 Å². The van der Waals surface area contributed by atoms with Gasteiger partial charge >= 0.3 is 0 Å². The fraction of sp³-hybridized carbons (Fsp3) is 0.667. The summed E-state index contributed by atoms with van der Waals surface area (Å²) in [5.41, 5.74) is 3.23. The molecule has 0 radical (unpaired) electrons. The maximum absolute atomic E-state index is 9.49. The molecule has 2 aliphatic rings. The molecule has 3 nitrogen and oxygen atoms in total. The van der Waals surface area contributed by atoms with Gasteiger partial charge in [-0.1, -0.05) is 0 Å². The summed E-state index contributed by atoms with van der Waals surface area (Å²) in [6.45, 7) is 4.44. The maximum Gasteiger partial charge on any atom is 0.0717 e. The molecule has 0 aliphatic heterocycles. The van der Waals surface area contributed by atoms with Crippen molar-refractivity contribution in [1.29, 1.82) is 0 Å². The van der Waals surface area contributed by atoms with Crippen LogP contribution in [0.5, 0.6) is 0 Å². The number of pyridine rings is 1. The largest absolute Gasteiger partial charge is 0.392 e. The van der Waals surface area contributed by atoms with Crippen LogP contribution in [-0.4, -0.2) is 23.2 Å². The first kappa shape index (κ1) is 12.0. The number of aryl methyl sites for hydroxylation is 1. The Hall–Kier alpha value is -1.09. The van der Waals surface area contributed by atoms with E-state index in [1.165, 1.54) is 31.4 Å². The Kier molecular flexibility index (Phi) is 3.25. The van der Waals surface area contributed by atoms with E-state index in [2.05, 4.69) is 16.0 Å². The van der Waals surface area contributed by atoms with Gasteiger partial charge in [-0.25, -0.2) is 0 Å². The van der Waals surface area contributed by atoms with Crippen molar-refractivity contribution in [3.05, 3.63) is 23.5 Å². The molecule has 2 fully saturated rings. The van der Waals surface area contributed by atoms with Crippen molar-refractivity contribution in [2.24, 2.45) is 11.8 Å². The Bertz CT molecular complexity index is 411. The minimum Gasteiger partial charge on any atom is -0.392 e. The Labute approximate surface area is 109 Å². The molecule has 1 heterocycles. The van der Waals surface area contributed by atoms with Crippen LogP contribution < -0.4 is 4.90 Å². The number of hydrogen-bond donors (Lipinski definition) is 1. The highest BCUT2D eigenvalue weighted by atomic mass is 16.3. The van der Waals surface area contributed by atoms with Crippen LogP contribution in [0.3, 0.4) is 0 Å². The van der Waals surface area contributed by atoms with Crippen molar-refractivity contribution >= 4 is 5.69 Å². The quantitative estimate of drug-likeness (QED) is 0.838. The Balaban J connectivity index is 1.83. The smallest absolute Gasteiger partial charge is 0.0717 e. The average Bonchev–Trinajstić information content (AvgIpc) is 3.23. The lowest BCUT2D eigenvalue weighted by Crippen LogP contribution is -2.29. The van der Waals surface area contributed by atoms with Crippen LogP contribution >= 0.6 is 0 Å². The summed E-state index contributed by atoms with van der Waals surface area (Å²) in [4.78, 5) is 6.79. The van der Waals surface area contributed by atoms with E-state index in [1.807, 2.05) is 13.1 Å². The minimum absolute atomic E-state index is 0.0917. The van der Waals surface area contributed by atoms with Crippen LogP contribution in [0, 0.1) is 18.8 Å². The zero-order valence-electron chi connectivity index (χ0n) is 11.1. The highest BCUT2D eigenvalue weighted by Gasteiger charge is 2.30. The molecular weight excluding hydrogens is 224 g/mol. The van der Waals surface area contributed by atoms with E-state index in [0.29, 0.717) is 0 Å². The van der Waals surface area contributed by atoms with Crippen molar-refractivity contribution in [3.63, 3.8) is 0 Å². The van der Waals surface area contributed by atoms with Gasteiger partial charge in [0.1, 0.15) is 0 Å². The lowest BCUT2D eigenvalue weighted by atomic mass is 10.1. The van der Waals surface area contributed by atoms with Gasteiger partial charge in [-0.2, -0.15) is 0 Å². The van der Waals surface area contributed by atoms with E-state index in [1.54, 1.807) is 0 Å². The van der Waals surface area contributed by atoms with Gasteiger partial charge in [0.05, 0.1) is 6.61 Å². The molecule has 0 amide bonds. The van der Waals surface area contributed by atoms with Gasteiger partial charge < -0.3 is 10.0 Å². The fourth-order valence-electron chi connectivity index (χ4n) is 2.49. The van der Waals surface area contributed by atoms with Crippen LogP contribution in [0.15, 0.2) is 12.3 Å². The van der Waals surface area contributed by atoms with E-state index >= 15 is 0 Å². The molecule has 1 N–H and O–H groups in total. The monoisotopic (exact) mass is 246 g/mol. The second-order valence-electron chi connectivity index (χ2n) is 5.90. The van der Waals surface area contributed by atoms with Crippen LogP contribution in [0.1, 0.15) is 36.9 Å². The number of anilines is 1. The third kappa shape index (κ3) is 2.83. The molecule has 18 heavy (non-hydrogen) atoms. The Morgan fingerprint density at radius 1 is 1.22 bits per heavy atom. The topological polar surface area (TPSA) is 36.4 Å². The molecule has 0 unspecified atom stereocenters. The zero-order valence-corrected chi connectivity index (χ0v) is 11.1. The lowest BCUT2D eigenvalue weighted by molar-refractivity contribution is 0.281. The van der Waals surface area contributed by atoms with Gasteiger partial charge in [0.2, 0.25) is 0 Å². The van der Waals surface area contributed by atoms with Crippen molar-refractivity contribution in [2.75, 3.05) is 18.0 Å². The van der Waals surface area contributed by atoms with Crippen LogP contribution in [0.4, 0.5) is 5.69 Å². The van der Waals surface area contributed by atoms with Gasteiger partial charge in [-0.05, 0) is 50.5 Å². The molecule has 2 aliphatic carbocycles. The predicted octanol–water partition coefficient (Wildman–Crippen LogP) is 2.51. The molecular formula is C15H22N2O. The number of aliphatic hydroxyl groups excluding tert-OH is 1. The van der Waals surface area contributed by atoms with Gasteiger partial charge in [0, 0.05) is 36.2 Å². The van der Waals surface area contributed by atoms with Gasteiger partial charge in [-0.15, -0.1) is 0 Å². The number of rotatable bonds is 6. The van der Waals surface area contributed by atoms with E-state index in [0.717, 1.165) is 36.2 Å². The molecule has 0 atom stereocenters. The first-order valence-electron chi connectivity index (χ1n) is 7.07.